The molecule has 2 aromatic rings. The highest BCUT2D eigenvalue weighted by Gasteiger charge is 2.21. The standard InChI is InChI=1S/C22H24ClNO5/c1-14-9-19(15(2)24(14)7-4-8-27-3)20(25)13-29-22(26)17-10-16-11-18(23)5-6-21(16)28-12-17/h5-6,9-11H,4,7-8,12-13H2,1-3H3. The number of hydrogen-bond donors (Lipinski definition) is 0. The Morgan fingerprint density at radius 3 is 2.79 bits per heavy atom. The summed E-state index contributed by atoms with van der Waals surface area (Å²) in [5.74, 6) is -0.147. The van der Waals surface area contributed by atoms with Gasteiger partial charge in [-0.2, -0.15) is 0 Å². The van der Waals surface area contributed by atoms with E-state index in [0.717, 1.165) is 24.4 Å². The van der Waals surface area contributed by atoms with E-state index in [9.17, 15) is 9.59 Å². The van der Waals surface area contributed by atoms with Crippen molar-refractivity contribution in [2.75, 3.05) is 26.9 Å². The highest BCUT2D eigenvalue weighted by molar-refractivity contribution is 6.30. The summed E-state index contributed by atoms with van der Waals surface area (Å²) in [6, 6.07) is 7.02. The third-order valence-electron chi connectivity index (χ3n) is 4.89. The third kappa shape index (κ3) is 4.89. The van der Waals surface area contributed by atoms with Gasteiger partial charge in [-0.25, -0.2) is 4.79 Å². The van der Waals surface area contributed by atoms with Crippen LogP contribution in [0.15, 0.2) is 29.8 Å². The first-order valence-electron chi connectivity index (χ1n) is 9.39. The summed E-state index contributed by atoms with van der Waals surface area (Å²) in [4.78, 5) is 25.0. The second-order valence-electron chi connectivity index (χ2n) is 6.92. The first-order valence-corrected chi connectivity index (χ1v) is 9.77. The van der Waals surface area contributed by atoms with Crippen molar-refractivity contribution in [3.05, 3.63) is 57.4 Å². The predicted octanol–water partition coefficient (Wildman–Crippen LogP) is 4.00. The Hall–Kier alpha value is -2.57. The van der Waals surface area contributed by atoms with E-state index in [0.29, 0.717) is 34.1 Å². The average molecular weight is 418 g/mol. The number of fused-ring (bicyclic) bond motifs is 1. The monoisotopic (exact) mass is 417 g/mol. The topological polar surface area (TPSA) is 66.8 Å². The maximum atomic E-state index is 12.6. The van der Waals surface area contributed by atoms with E-state index in [4.69, 9.17) is 25.8 Å². The van der Waals surface area contributed by atoms with E-state index in [-0.39, 0.29) is 19.0 Å². The van der Waals surface area contributed by atoms with Crippen molar-refractivity contribution in [3.8, 4) is 5.75 Å². The lowest BCUT2D eigenvalue weighted by molar-refractivity contribution is -0.138. The molecule has 154 valence electrons. The number of esters is 1. The number of nitrogens with zero attached hydrogens (tertiary/aromatic N) is 1. The van der Waals surface area contributed by atoms with E-state index in [2.05, 4.69) is 4.57 Å². The number of carbonyl (C=O) groups is 2. The van der Waals surface area contributed by atoms with Gasteiger partial charge in [0.15, 0.2) is 6.61 Å². The number of methoxy groups -OCH3 is 1. The summed E-state index contributed by atoms with van der Waals surface area (Å²) in [6.07, 6.45) is 2.54. The van der Waals surface area contributed by atoms with E-state index in [1.807, 2.05) is 19.9 Å². The lowest BCUT2D eigenvalue weighted by Gasteiger charge is -2.17. The van der Waals surface area contributed by atoms with Crippen LogP contribution in [0.25, 0.3) is 6.08 Å². The zero-order valence-corrected chi connectivity index (χ0v) is 17.5. The molecule has 1 aliphatic heterocycles. The van der Waals surface area contributed by atoms with Gasteiger partial charge in [0.25, 0.3) is 0 Å². The number of halogens is 1. The molecule has 1 aromatic carbocycles. The summed E-state index contributed by atoms with van der Waals surface area (Å²) in [5, 5.41) is 0.550. The minimum Gasteiger partial charge on any atom is -0.488 e. The number of aryl methyl sites for hydroxylation is 1. The summed E-state index contributed by atoms with van der Waals surface area (Å²) in [5.41, 5.74) is 3.48. The Morgan fingerprint density at radius 1 is 1.24 bits per heavy atom. The molecule has 1 aliphatic rings. The van der Waals surface area contributed by atoms with Gasteiger partial charge in [-0.1, -0.05) is 11.6 Å². The van der Waals surface area contributed by atoms with Crippen LogP contribution in [0.1, 0.15) is 33.7 Å². The minimum atomic E-state index is -0.571. The van der Waals surface area contributed by atoms with Gasteiger partial charge in [0.2, 0.25) is 5.78 Å². The molecule has 0 unspecified atom stereocenters. The first kappa shape index (κ1) is 21.1. The van der Waals surface area contributed by atoms with Gasteiger partial charge in [0.1, 0.15) is 12.4 Å². The second-order valence-corrected chi connectivity index (χ2v) is 7.36. The van der Waals surface area contributed by atoms with Crippen LogP contribution < -0.4 is 4.74 Å². The fraction of sp³-hybridized carbons (Fsp3) is 0.364. The van der Waals surface area contributed by atoms with Crippen LogP contribution in [-0.2, 0) is 20.8 Å². The fourth-order valence-corrected chi connectivity index (χ4v) is 3.54. The molecule has 7 heteroatoms. The number of rotatable bonds is 8. The number of carbonyl (C=O) groups excluding carboxylic acids is 2. The molecule has 6 nitrogen and oxygen atoms in total. The first-order chi connectivity index (χ1) is 13.9. The Bertz CT molecular complexity index is 960. The van der Waals surface area contributed by atoms with Crippen molar-refractivity contribution in [2.45, 2.75) is 26.8 Å². The Labute approximate surface area is 175 Å². The fourth-order valence-electron chi connectivity index (χ4n) is 3.36. The molecule has 0 atom stereocenters. The molecular weight excluding hydrogens is 394 g/mol. The highest BCUT2D eigenvalue weighted by atomic mass is 35.5. The SMILES string of the molecule is COCCCn1c(C)cc(C(=O)COC(=O)C2=Cc3cc(Cl)ccc3OC2)c1C. The normalized spacial score (nSPS) is 12.8. The summed E-state index contributed by atoms with van der Waals surface area (Å²) in [6.45, 7) is 5.05. The van der Waals surface area contributed by atoms with Crippen LogP contribution in [0.2, 0.25) is 5.02 Å². The smallest absolute Gasteiger partial charge is 0.337 e. The Kier molecular flexibility index (Phi) is 6.77. The van der Waals surface area contributed by atoms with E-state index in [1.54, 1.807) is 31.4 Å². The van der Waals surface area contributed by atoms with Gasteiger partial charge in [-0.05, 0) is 50.6 Å². The maximum absolute atomic E-state index is 12.6. The molecule has 0 saturated carbocycles. The quantitative estimate of drug-likeness (QED) is 0.369. The number of ether oxygens (including phenoxy) is 3. The molecule has 0 bridgehead atoms. The molecule has 0 amide bonds. The summed E-state index contributed by atoms with van der Waals surface area (Å²) < 4.78 is 18.0. The van der Waals surface area contributed by atoms with Crippen LogP contribution in [-0.4, -0.2) is 43.3 Å². The van der Waals surface area contributed by atoms with Crippen LogP contribution in [0.4, 0.5) is 0 Å². The number of aromatic nitrogens is 1. The molecule has 29 heavy (non-hydrogen) atoms. The van der Waals surface area contributed by atoms with Gasteiger partial charge in [-0.15, -0.1) is 0 Å². The number of Topliss-reactive ketones (excluding diaryl/α,β-unsaturated/α-hetero) is 1. The Balaban J connectivity index is 1.64. The molecule has 0 fully saturated rings. The average Bonchev–Trinajstić information content (AvgIpc) is 2.99. The van der Waals surface area contributed by atoms with Crippen molar-refractivity contribution in [1.29, 1.82) is 0 Å². The van der Waals surface area contributed by atoms with Gasteiger partial charge in [0.05, 0.1) is 5.57 Å². The van der Waals surface area contributed by atoms with E-state index >= 15 is 0 Å². The van der Waals surface area contributed by atoms with Gasteiger partial charge >= 0.3 is 5.97 Å². The largest absolute Gasteiger partial charge is 0.488 e. The summed E-state index contributed by atoms with van der Waals surface area (Å²) in [7, 11) is 1.67. The second kappa shape index (κ2) is 9.29. The number of benzene rings is 1. The van der Waals surface area contributed by atoms with Crippen molar-refractivity contribution in [2.24, 2.45) is 0 Å². The lowest BCUT2D eigenvalue weighted by Crippen LogP contribution is -2.20. The van der Waals surface area contributed by atoms with Gasteiger partial charge < -0.3 is 18.8 Å². The number of ketones is 1. The molecule has 0 spiro atoms. The van der Waals surface area contributed by atoms with Crippen molar-refractivity contribution in [1.82, 2.24) is 4.57 Å². The van der Waals surface area contributed by atoms with E-state index in [1.165, 1.54) is 0 Å². The predicted molar refractivity (Wildman–Crippen MR) is 111 cm³/mol. The van der Waals surface area contributed by atoms with Crippen LogP contribution >= 0.6 is 11.6 Å². The third-order valence-corrected chi connectivity index (χ3v) is 5.12. The molecule has 0 radical (unpaired) electrons. The van der Waals surface area contributed by atoms with Crippen molar-refractivity contribution < 1.29 is 23.8 Å². The van der Waals surface area contributed by atoms with Gasteiger partial charge in [-0.3, -0.25) is 4.79 Å². The molecule has 2 heterocycles. The van der Waals surface area contributed by atoms with E-state index < -0.39 is 5.97 Å². The van der Waals surface area contributed by atoms with Crippen molar-refractivity contribution in [3.63, 3.8) is 0 Å². The molecule has 0 saturated heterocycles. The van der Waals surface area contributed by atoms with Crippen molar-refractivity contribution >= 4 is 29.4 Å². The highest BCUT2D eigenvalue weighted by Crippen LogP contribution is 2.29. The molecule has 0 aliphatic carbocycles. The van der Waals surface area contributed by atoms with Gasteiger partial charge in [0, 0.05) is 47.8 Å². The Morgan fingerprint density at radius 2 is 2.03 bits per heavy atom. The minimum absolute atomic E-state index is 0.0929. The van der Waals surface area contributed by atoms with Crippen LogP contribution in [0.3, 0.4) is 0 Å². The maximum Gasteiger partial charge on any atom is 0.337 e. The van der Waals surface area contributed by atoms with Crippen LogP contribution in [0.5, 0.6) is 5.75 Å². The summed E-state index contributed by atoms with van der Waals surface area (Å²) >= 11 is 5.99. The zero-order valence-electron chi connectivity index (χ0n) is 16.8. The lowest BCUT2D eigenvalue weighted by atomic mass is 10.1. The zero-order chi connectivity index (χ0) is 21.0. The number of hydrogen-bond acceptors (Lipinski definition) is 5. The molecule has 1 aromatic heterocycles. The van der Waals surface area contributed by atoms with Crippen LogP contribution in [0, 0.1) is 13.8 Å². The molecule has 3 rings (SSSR count). The molecular formula is C22H24ClNO5. The molecule has 0 N–H and O–H groups in total.